The van der Waals surface area contributed by atoms with E-state index in [1.165, 1.54) is 12.5 Å². The van der Waals surface area contributed by atoms with E-state index in [4.69, 9.17) is 9.15 Å². The lowest BCUT2D eigenvalue weighted by molar-refractivity contribution is 0.0683. The molecule has 0 saturated carbocycles. The molecule has 0 spiro atoms. The molecule has 1 aliphatic rings. The molecule has 1 fully saturated rings. The second-order valence-electron chi connectivity index (χ2n) is 6.42. The first kappa shape index (κ1) is 18.0. The molecule has 0 radical (unpaired) electrons. The number of hydrogen-bond acceptors (Lipinski definition) is 4. The zero-order chi connectivity index (χ0) is 18.4. The fraction of sp³-hybridized carbons (Fsp3) is 0.400. The molecule has 1 aromatic heterocycles. The molecule has 1 saturated heterocycles. The van der Waals surface area contributed by atoms with Gasteiger partial charge in [0.05, 0.1) is 18.4 Å². The van der Waals surface area contributed by atoms with Crippen LogP contribution in [0.15, 0.2) is 47.3 Å². The number of nitrogens with one attached hydrogen (secondary N) is 1. The highest BCUT2D eigenvalue weighted by molar-refractivity contribution is 5.94. The van der Waals surface area contributed by atoms with Crippen LogP contribution in [0.5, 0.6) is 5.75 Å². The summed E-state index contributed by atoms with van der Waals surface area (Å²) in [5.41, 5.74) is 1.22. The van der Waals surface area contributed by atoms with Crippen molar-refractivity contribution in [3.63, 3.8) is 0 Å². The molecular weight excluding hydrogens is 332 g/mol. The number of furan rings is 1. The standard InChI is InChI=1S/C20H24N2O4/c1-2-26-18-5-3-16(4-6-18)19(23)21-13-15-7-10-22(11-8-15)20(24)17-9-12-25-14-17/h3-6,9,12,14-15H,2,7-8,10-11,13H2,1H3,(H,21,23). The number of rotatable bonds is 6. The summed E-state index contributed by atoms with van der Waals surface area (Å²) in [4.78, 5) is 26.4. The minimum atomic E-state index is -0.0787. The Kier molecular flexibility index (Phi) is 5.94. The van der Waals surface area contributed by atoms with Crippen LogP contribution in [-0.4, -0.2) is 43.0 Å². The van der Waals surface area contributed by atoms with Gasteiger partial charge in [0.25, 0.3) is 11.8 Å². The molecular formula is C20H24N2O4. The third-order valence-electron chi connectivity index (χ3n) is 4.65. The Balaban J connectivity index is 1.43. The summed E-state index contributed by atoms with van der Waals surface area (Å²) in [6, 6.07) is 8.83. The van der Waals surface area contributed by atoms with E-state index >= 15 is 0 Å². The molecule has 1 aliphatic heterocycles. The van der Waals surface area contributed by atoms with Gasteiger partial charge in [-0.2, -0.15) is 0 Å². The fourth-order valence-corrected chi connectivity index (χ4v) is 3.12. The van der Waals surface area contributed by atoms with Crippen molar-refractivity contribution in [1.82, 2.24) is 10.2 Å². The van der Waals surface area contributed by atoms with Crippen molar-refractivity contribution in [2.45, 2.75) is 19.8 Å². The number of benzene rings is 1. The Morgan fingerprint density at radius 3 is 2.50 bits per heavy atom. The van der Waals surface area contributed by atoms with Crippen LogP contribution in [0.3, 0.4) is 0 Å². The molecule has 0 aliphatic carbocycles. The van der Waals surface area contributed by atoms with E-state index in [-0.39, 0.29) is 11.8 Å². The van der Waals surface area contributed by atoms with Gasteiger partial charge in [-0.25, -0.2) is 0 Å². The van der Waals surface area contributed by atoms with E-state index < -0.39 is 0 Å². The number of carbonyl (C=O) groups excluding carboxylic acids is 2. The quantitative estimate of drug-likeness (QED) is 0.864. The number of piperidine rings is 1. The predicted molar refractivity (Wildman–Crippen MR) is 97.3 cm³/mol. The molecule has 26 heavy (non-hydrogen) atoms. The number of amides is 2. The van der Waals surface area contributed by atoms with Crippen LogP contribution in [-0.2, 0) is 0 Å². The van der Waals surface area contributed by atoms with Crippen molar-refractivity contribution < 1.29 is 18.7 Å². The summed E-state index contributed by atoms with van der Waals surface area (Å²) in [6.45, 7) is 4.56. The zero-order valence-electron chi connectivity index (χ0n) is 14.9. The summed E-state index contributed by atoms with van der Waals surface area (Å²) in [5.74, 6) is 1.08. The lowest BCUT2D eigenvalue weighted by atomic mass is 9.96. The Hall–Kier alpha value is -2.76. The highest BCUT2D eigenvalue weighted by Crippen LogP contribution is 2.19. The van der Waals surface area contributed by atoms with Gasteiger partial charge in [0, 0.05) is 25.2 Å². The van der Waals surface area contributed by atoms with Crippen molar-refractivity contribution in [2.75, 3.05) is 26.2 Å². The fourth-order valence-electron chi connectivity index (χ4n) is 3.12. The number of carbonyl (C=O) groups is 2. The maximum atomic E-state index is 12.3. The normalized spacial score (nSPS) is 14.9. The highest BCUT2D eigenvalue weighted by atomic mass is 16.5. The van der Waals surface area contributed by atoms with Gasteiger partial charge in [-0.05, 0) is 56.0 Å². The van der Waals surface area contributed by atoms with Gasteiger partial charge in [0.15, 0.2) is 0 Å². The maximum Gasteiger partial charge on any atom is 0.257 e. The van der Waals surface area contributed by atoms with Crippen LogP contribution in [0.4, 0.5) is 0 Å². The molecule has 2 aromatic rings. The summed E-state index contributed by atoms with van der Waals surface area (Å²) >= 11 is 0. The van der Waals surface area contributed by atoms with E-state index in [1.54, 1.807) is 30.3 Å². The summed E-state index contributed by atoms with van der Waals surface area (Å²) in [6.07, 6.45) is 4.75. The van der Waals surface area contributed by atoms with Crippen molar-refractivity contribution in [3.05, 3.63) is 54.0 Å². The summed E-state index contributed by atoms with van der Waals surface area (Å²) in [7, 11) is 0. The average Bonchev–Trinajstić information content (AvgIpc) is 3.21. The minimum absolute atomic E-state index is 0.00984. The second kappa shape index (κ2) is 8.56. The van der Waals surface area contributed by atoms with Crippen molar-refractivity contribution in [3.8, 4) is 5.75 Å². The van der Waals surface area contributed by atoms with Gasteiger partial charge < -0.3 is 19.4 Å². The monoisotopic (exact) mass is 356 g/mol. The van der Waals surface area contributed by atoms with E-state index in [9.17, 15) is 9.59 Å². The number of nitrogens with zero attached hydrogens (tertiary/aromatic N) is 1. The smallest absolute Gasteiger partial charge is 0.257 e. The maximum absolute atomic E-state index is 12.3. The topological polar surface area (TPSA) is 71.8 Å². The van der Waals surface area contributed by atoms with Crippen molar-refractivity contribution in [1.29, 1.82) is 0 Å². The number of likely N-dealkylation sites (tertiary alicyclic amines) is 1. The number of ether oxygens (including phenoxy) is 1. The molecule has 6 heteroatoms. The minimum Gasteiger partial charge on any atom is -0.494 e. The van der Waals surface area contributed by atoms with Crippen LogP contribution in [0.2, 0.25) is 0 Å². The molecule has 0 unspecified atom stereocenters. The average molecular weight is 356 g/mol. The van der Waals surface area contributed by atoms with E-state index in [0.717, 1.165) is 18.6 Å². The highest BCUT2D eigenvalue weighted by Gasteiger charge is 2.24. The van der Waals surface area contributed by atoms with Crippen LogP contribution >= 0.6 is 0 Å². The first-order chi connectivity index (χ1) is 12.7. The van der Waals surface area contributed by atoms with Crippen molar-refractivity contribution >= 4 is 11.8 Å². The Labute approximate surface area is 153 Å². The van der Waals surface area contributed by atoms with Crippen LogP contribution in [0.1, 0.15) is 40.5 Å². The molecule has 6 nitrogen and oxygen atoms in total. The summed E-state index contributed by atoms with van der Waals surface area (Å²) < 4.78 is 10.4. The lowest BCUT2D eigenvalue weighted by Crippen LogP contribution is -2.41. The molecule has 1 N–H and O–H groups in total. The van der Waals surface area contributed by atoms with E-state index in [2.05, 4.69) is 5.32 Å². The third-order valence-corrected chi connectivity index (χ3v) is 4.65. The Morgan fingerprint density at radius 2 is 1.88 bits per heavy atom. The number of hydrogen-bond donors (Lipinski definition) is 1. The Morgan fingerprint density at radius 1 is 1.15 bits per heavy atom. The Bertz CT molecular complexity index is 717. The van der Waals surface area contributed by atoms with Gasteiger partial charge in [0.2, 0.25) is 0 Å². The van der Waals surface area contributed by atoms with E-state index in [0.29, 0.717) is 43.3 Å². The molecule has 0 bridgehead atoms. The van der Waals surface area contributed by atoms with Gasteiger partial charge in [-0.3, -0.25) is 9.59 Å². The van der Waals surface area contributed by atoms with E-state index in [1.807, 2.05) is 11.8 Å². The van der Waals surface area contributed by atoms with Gasteiger partial charge in [-0.15, -0.1) is 0 Å². The third kappa shape index (κ3) is 4.45. The molecule has 1 aromatic carbocycles. The SMILES string of the molecule is CCOc1ccc(C(=O)NCC2CCN(C(=O)c3ccoc3)CC2)cc1. The first-order valence-corrected chi connectivity index (χ1v) is 9.00. The van der Waals surface area contributed by atoms with Crippen LogP contribution in [0, 0.1) is 5.92 Å². The lowest BCUT2D eigenvalue weighted by Gasteiger charge is -2.31. The first-order valence-electron chi connectivity index (χ1n) is 9.00. The van der Waals surface area contributed by atoms with Crippen molar-refractivity contribution in [2.24, 2.45) is 5.92 Å². The molecule has 2 amide bonds. The molecule has 2 heterocycles. The molecule has 138 valence electrons. The van der Waals surface area contributed by atoms with Gasteiger partial charge >= 0.3 is 0 Å². The summed E-state index contributed by atoms with van der Waals surface area (Å²) in [5, 5.41) is 2.99. The second-order valence-corrected chi connectivity index (χ2v) is 6.42. The van der Waals surface area contributed by atoms with Gasteiger partial charge in [-0.1, -0.05) is 0 Å². The molecule has 0 atom stereocenters. The van der Waals surface area contributed by atoms with Crippen LogP contribution < -0.4 is 10.1 Å². The molecule has 3 rings (SSSR count). The zero-order valence-corrected chi connectivity index (χ0v) is 14.9. The van der Waals surface area contributed by atoms with Crippen LogP contribution in [0.25, 0.3) is 0 Å². The van der Waals surface area contributed by atoms with Gasteiger partial charge in [0.1, 0.15) is 12.0 Å². The predicted octanol–water partition coefficient (Wildman–Crippen LogP) is 2.96. The largest absolute Gasteiger partial charge is 0.494 e.